The van der Waals surface area contributed by atoms with E-state index in [1.165, 1.54) is 12.8 Å². The summed E-state index contributed by atoms with van der Waals surface area (Å²) in [7, 11) is 2.19. The maximum Gasteiger partial charge on any atom is 0.431 e. The third kappa shape index (κ3) is 3.46. The van der Waals surface area contributed by atoms with Crippen molar-refractivity contribution in [1.29, 1.82) is 0 Å². The number of ether oxygens (including phenoxy) is 1. The lowest BCUT2D eigenvalue weighted by Crippen LogP contribution is -2.43. The average molecular weight is 402 g/mol. The van der Waals surface area contributed by atoms with Crippen LogP contribution in [-0.2, 0) is 6.18 Å². The van der Waals surface area contributed by atoms with E-state index in [1.54, 1.807) is 30.3 Å². The average Bonchev–Trinajstić information content (AvgIpc) is 3.19. The van der Waals surface area contributed by atoms with Crippen LogP contribution in [0.2, 0.25) is 0 Å². The highest BCUT2D eigenvalue weighted by Crippen LogP contribution is 2.36. The van der Waals surface area contributed by atoms with Crippen LogP contribution in [0.25, 0.3) is 22.2 Å². The van der Waals surface area contributed by atoms with Crippen LogP contribution >= 0.6 is 0 Å². The number of alkyl halides is 3. The maximum absolute atomic E-state index is 12.9. The Balaban J connectivity index is 1.32. The Morgan fingerprint density at radius 1 is 1.03 bits per heavy atom. The number of aromatic nitrogens is 3. The van der Waals surface area contributed by atoms with Gasteiger partial charge in [0.15, 0.2) is 0 Å². The first kappa shape index (κ1) is 18.4. The predicted molar refractivity (Wildman–Crippen MR) is 103 cm³/mol. The molecule has 2 fully saturated rings. The molecule has 5 rings (SSSR count). The summed E-state index contributed by atoms with van der Waals surface area (Å²) in [5.41, 5.74) is 0.983. The quantitative estimate of drug-likeness (QED) is 0.693. The van der Waals surface area contributed by atoms with E-state index in [9.17, 15) is 13.2 Å². The van der Waals surface area contributed by atoms with Gasteiger partial charge in [-0.25, -0.2) is 0 Å². The van der Waals surface area contributed by atoms with Gasteiger partial charge in [-0.3, -0.25) is 0 Å². The molecule has 0 radical (unpaired) electrons. The van der Waals surface area contributed by atoms with Gasteiger partial charge in [-0.1, -0.05) is 6.07 Å². The summed E-state index contributed by atoms with van der Waals surface area (Å²) in [6.07, 6.45) is 0.211. The van der Waals surface area contributed by atoms with Gasteiger partial charge in [0.05, 0.1) is 5.69 Å². The van der Waals surface area contributed by atoms with E-state index in [-0.39, 0.29) is 6.10 Å². The minimum Gasteiger partial charge on any atom is -0.473 e. The van der Waals surface area contributed by atoms with Crippen LogP contribution in [0.4, 0.5) is 13.2 Å². The van der Waals surface area contributed by atoms with Crippen LogP contribution in [0.1, 0.15) is 31.4 Å². The third-order valence-corrected chi connectivity index (χ3v) is 6.20. The molecule has 3 aromatic rings. The van der Waals surface area contributed by atoms with E-state index in [0.29, 0.717) is 40.1 Å². The van der Waals surface area contributed by atoms with Crippen molar-refractivity contribution in [2.75, 3.05) is 7.05 Å². The summed E-state index contributed by atoms with van der Waals surface area (Å²) in [4.78, 5) is 4.85. The first-order chi connectivity index (χ1) is 13.9. The number of H-pyrrole nitrogens is 1. The first-order valence-corrected chi connectivity index (χ1v) is 9.79. The second-order valence-electron chi connectivity index (χ2n) is 8.00. The van der Waals surface area contributed by atoms with Crippen molar-refractivity contribution in [1.82, 2.24) is 20.1 Å². The Morgan fingerprint density at radius 2 is 1.79 bits per heavy atom. The van der Waals surface area contributed by atoms with Crippen LogP contribution in [-0.4, -0.2) is 45.3 Å². The number of halogens is 3. The van der Waals surface area contributed by atoms with E-state index in [4.69, 9.17) is 4.74 Å². The highest BCUT2D eigenvalue weighted by atomic mass is 19.4. The molecule has 2 saturated heterocycles. The molecule has 1 aromatic carbocycles. The van der Waals surface area contributed by atoms with Crippen molar-refractivity contribution >= 4 is 10.9 Å². The molecule has 2 bridgehead atoms. The summed E-state index contributed by atoms with van der Waals surface area (Å²) in [6, 6.07) is 10.9. The van der Waals surface area contributed by atoms with Crippen molar-refractivity contribution in [2.45, 2.75) is 50.0 Å². The maximum atomic E-state index is 12.9. The Bertz CT molecular complexity index is 1020. The summed E-state index contributed by atoms with van der Waals surface area (Å²) < 4.78 is 44.7. The zero-order valence-corrected chi connectivity index (χ0v) is 15.9. The molecule has 2 aliphatic heterocycles. The van der Waals surface area contributed by atoms with Crippen molar-refractivity contribution in [3.05, 3.63) is 42.1 Å². The number of benzene rings is 1. The number of aromatic amines is 1. The van der Waals surface area contributed by atoms with Crippen molar-refractivity contribution < 1.29 is 17.9 Å². The fourth-order valence-electron chi connectivity index (χ4n) is 4.61. The molecule has 2 aromatic heterocycles. The Labute approximate surface area is 165 Å². The number of hydrogen-bond donors (Lipinski definition) is 1. The monoisotopic (exact) mass is 402 g/mol. The molecule has 152 valence electrons. The second kappa shape index (κ2) is 6.73. The minimum atomic E-state index is -4.40. The molecule has 8 heteroatoms. The Kier molecular flexibility index (Phi) is 4.27. The smallest absolute Gasteiger partial charge is 0.431 e. The second-order valence-corrected chi connectivity index (χ2v) is 8.00. The molecule has 0 saturated carbocycles. The molecule has 1 N–H and O–H groups in total. The summed E-state index contributed by atoms with van der Waals surface area (Å²) in [5.74, 6) is 0.491. The third-order valence-electron chi connectivity index (χ3n) is 6.20. The van der Waals surface area contributed by atoms with Crippen molar-refractivity contribution in [3.8, 4) is 17.1 Å². The normalized spacial score (nSPS) is 24.9. The number of nitrogens with zero attached hydrogens (tertiary/aromatic N) is 3. The number of nitrogens with one attached hydrogen (secondary N) is 1. The summed E-state index contributed by atoms with van der Waals surface area (Å²) in [6.45, 7) is 0. The lowest BCUT2D eigenvalue weighted by molar-refractivity contribution is -0.140. The van der Waals surface area contributed by atoms with E-state index in [1.807, 2.05) is 0 Å². The van der Waals surface area contributed by atoms with Crippen molar-refractivity contribution in [3.63, 3.8) is 0 Å². The van der Waals surface area contributed by atoms with Gasteiger partial charge in [-0.15, -0.1) is 10.2 Å². The number of fused-ring (bicyclic) bond motifs is 3. The Morgan fingerprint density at radius 3 is 2.45 bits per heavy atom. The lowest BCUT2D eigenvalue weighted by Gasteiger charge is -2.35. The van der Waals surface area contributed by atoms with Crippen LogP contribution in [0.3, 0.4) is 0 Å². The zero-order valence-electron chi connectivity index (χ0n) is 15.9. The van der Waals surface area contributed by atoms with Gasteiger partial charge in [0.25, 0.3) is 0 Å². The number of hydrogen-bond acceptors (Lipinski definition) is 4. The molecule has 2 aliphatic rings. The summed E-state index contributed by atoms with van der Waals surface area (Å²) >= 11 is 0. The highest BCUT2D eigenvalue weighted by molar-refractivity contribution is 5.85. The molecule has 5 nitrogen and oxygen atoms in total. The standard InChI is InChI=1S/C21H21F3N4O/c1-28-14-3-4-15(28)11-16(10-14)29-20-7-6-18(26-27-20)12-2-5-17-13(8-12)9-19(25-17)21(22,23)24/h2,5-9,14-16,25H,3-4,10-11H2,1H3. The highest BCUT2D eigenvalue weighted by Gasteiger charge is 2.39. The fourth-order valence-corrected chi connectivity index (χ4v) is 4.61. The van der Waals surface area contributed by atoms with Gasteiger partial charge >= 0.3 is 6.18 Å². The lowest BCUT2D eigenvalue weighted by atomic mass is 10.0. The first-order valence-electron chi connectivity index (χ1n) is 9.79. The minimum absolute atomic E-state index is 0.154. The molecule has 0 aliphatic carbocycles. The van der Waals surface area contributed by atoms with Gasteiger partial charge in [0.1, 0.15) is 11.8 Å². The van der Waals surface area contributed by atoms with Gasteiger partial charge in [0.2, 0.25) is 5.88 Å². The van der Waals surface area contributed by atoms with Gasteiger partial charge in [0, 0.05) is 34.6 Å². The molecule has 29 heavy (non-hydrogen) atoms. The molecule has 0 spiro atoms. The molecule has 2 atom stereocenters. The van der Waals surface area contributed by atoms with E-state index in [0.717, 1.165) is 18.9 Å². The van der Waals surface area contributed by atoms with Crippen LogP contribution in [0.5, 0.6) is 5.88 Å². The van der Waals surface area contributed by atoms with Gasteiger partial charge in [-0.2, -0.15) is 13.2 Å². The number of rotatable bonds is 3. The van der Waals surface area contributed by atoms with Gasteiger partial charge in [-0.05, 0) is 57.0 Å². The van der Waals surface area contributed by atoms with Crippen molar-refractivity contribution in [2.24, 2.45) is 0 Å². The Hall–Kier alpha value is -2.61. The molecule has 0 amide bonds. The van der Waals surface area contributed by atoms with Crippen LogP contribution in [0, 0.1) is 0 Å². The zero-order chi connectivity index (χ0) is 20.2. The van der Waals surface area contributed by atoms with E-state index >= 15 is 0 Å². The predicted octanol–water partition coefficient (Wildman–Crippen LogP) is 4.65. The SMILES string of the molecule is CN1C2CCC1CC(Oc1ccc(-c3ccc4[nH]c(C(F)(F)F)cc4c3)nn1)C2. The van der Waals surface area contributed by atoms with E-state index in [2.05, 4.69) is 27.1 Å². The van der Waals surface area contributed by atoms with Crippen LogP contribution < -0.4 is 4.74 Å². The molecule has 4 heterocycles. The largest absolute Gasteiger partial charge is 0.473 e. The van der Waals surface area contributed by atoms with Gasteiger partial charge < -0.3 is 14.6 Å². The fraction of sp³-hybridized carbons (Fsp3) is 0.429. The topological polar surface area (TPSA) is 54.0 Å². The van der Waals surface area contributed by atoms with Crippen LogP contribution in [0.15, 0.2) is 36.4 Å². The molecular weight excluding hydrogens is 381 g/mol. The molecular formula is C21H21F3N4O. The number of piperidine rings is 1. The van der Waals surface area contributed by atoms with E-state index < -0.39 is 11.9 Å². The molecule has 2 unspecified atom stereocenters. The summed E-state index contributed by atoms with van der Waals surface area (Å²) in [5, 5.41) is 8.90.